The van der Waals surface area contributed by atoms with E-state index in [0.29, 0.717) is 11.3 Å². The molecule has 0 fully saturated rings. The van der Waals surface area contributed by atoms with E-state index in [1.807, 2.05) is 13.8 Å². The summed E-state index contributed by atoms with van der Waals surface area (Å²) >= 11 is 5.85. The minimum absolute atomic E-state index is 0.195. The van der Waals surface area contributed by atoms with Gasteiger partial charge in [0.1, 0.15) is 11.2 Å². The van der Waals surface area contributed by atoms with Crippen molar-refractivity contribution in [2.75, 3.05) is 0 Å². The largest absolute Gasteiger partial charge is 0.274 e. The van der Waals surface area contributed by atoms with Gasteiger partial charge in [-0.2, -0.15) is 15.3 Å². The summed E-state index contributed by atoms with van der Waals surface area (Å²) in [6, 6.07) is 0. The highest BCUT2D eigenvalue weighted by molar-refractivity contribution is 6.31. The van der Waals surface area contributed by atoms with Crippen molar-refractivity contribution in [3.63, 3.8) is 0 Å². The molecule has 14 heavy (non-hydrogen) atoms. The van der Waals surface area contributed by atoms with Crippen molar-refractivity contribution in [1.29, 1.82) is 0 Å². The van der Waals surface area contributed by atoms with Crippen molar-refractivity contribution < 1.29 is 0 Å². The maximum absolute atomic E-state index is 11.8. The van der Waals surface area contributed by atoms with Crippen LogP contribution in [-0.2, 0) is 12.6 Å². The first-order valence-electron chi connectivity index (χ1n) is 4.13. The molecule has 0 unspecified atom stereocenters. The molecular formula is C8H9ClN4O. The molecule has 0 atom stereocenters. The first-order valence-corrected chi connectivity index (χ1v) is 4.51. The number of aromatic nitrogens is 2. The fraction of sp³-hybridized carbons (Fsp3) is 0.500. The van der Waals surface area contributed by atoms with E-state index in [-0.39, 0.29) is 10.7 Å². The number of rotatable bonds is 0. The molecule has 5 nitrogen and oxygen atoms in total. The van der Waals surface area contributed by atoms with Crippen LogP contribution in [0.2, 0.25) is 5.15 Å². The maximum atomic E-state index is 11.8. The van der Waals surface area contributed by atoms with Crippen molar-refractivity contribution >= 4 is 17.3 Å². The van der Waals surface area contributed by atoms with Gasteiger partial charge in [-0.1, -0.05) is 11.6 Å². The zero-order chi connectivity index (χ0) is 10.5. The van der Waals surface area contributed by atoms with Crippen LogP contribution in [-0.4, -0.2) is 9.78 Å². The number of azo groups is 1. The van der Waals surface area contributed by atoms with Crippen molar-refractivity contribution in [1.82, 2.24) is 9.78 Å². The van der Waals surface area contributed by atoms with Crippen molar-refractivity contribution in [3.05, 3.63) is 21.1 Å². The van der Waals surface area contributed by atoms with Crippen LogP contribution < -0.4 is 5.56 Å². The highest BCUT2D eigenvalue weighted by atomic mass is 35.5. The molecule has 0 aromatic carbocycles. The van der Waals surface area contributed by atoms with Crippen molar-refractivity contribution in [2.24, 2.45) is 17.3 Å². The van der Waals surface area contributed by atoms with E-state index >= 15 is 0 Å². The van der Waals surface area contributed by atoms with Gasteiger partial charge in [0.15, 0.2) is 5.15 Å². The molecule has 2 heterocycles. The third kappa shape index (κ3) is 1.09. The number of hydrogen-bond donors (Lipinski definition) is 0. The van der Waals surface area contributed by atoms with Gasteiger partial charge in [0.25, 0.3) is 5.56 Å². The Balaban J connectivity index is 2.88. The molecule has 0 N–H and O–H groups in total. The fourth-order valence-corrected chi connectivity index (χ4v) is 1.70. The lowest BCUT2D eigenvalue weighted by molar-refractivity contribution is 0.538. The monoisotopic (exact) mass is 212 g/mol. The van der Waals surface area contributed by atoms with Crippen molar-refractivity contribution in [2.45, 2.75) is 19.4 Å². The molecule has 74 valence electrons. The van der Waals surface area contributed by atoms with Crippen LogP contribution in [0.3, 0.4) is 0 Å². The fourth-order valence-electron chi connectivity index (χ4n) is 1.46. The second-order valence-electron chi connectivity index (χ2n) is 3.70. The van der Waals surface area contributed by atoms with Crippen LogP contribution in [0.1, 0.15) is 19.4 Å². The number of fused-ring (bicyclic) bond motifs is 1. The Bertz CT molecular complexity index is 489. The Kier molecular flexibility index (Phi) is 1.75. The van der Waals surface area contributed by atoms with Crippen LogP contribution in [0.5, 0.6) is 0 Å². The quantitative estimate of drug-likeness (QED) is 0.658. The molecule has 1 aliphatic heterocycles. The molecule has 2 rings (SSSR count). The molecule has 6 heteroatoms. The van der Waals surface area contributed by atoms with Crippen LogP contribution in [0.4, 0.5) is 5.69 Å². The van der Waals surface area contributed by atoms with Gasteiger partial charge in [0.2, 0.25) is 0 Å². The summed E-state index contributed by atoms with van der Waals surface area (Å²) in [5.41, 5.74) is 0.121. The van der Waals surface area contributed by atoms with Gasteiger partial charge in [0.05, 0.1) is 5.56 Å². The second-order valence-corrected chi connectivity index (χ2v) is 4.06. The van der Waals surface area contributed by atoms with Gasteiger partial charge in [-0.25, -0.2) is 4.68 Å². The molecule has 0 amide bonds. The van der Waals surface area contributed by atoms with Gasteiger partial charge in [-0.15, -0.1) is 0 Å². The van der Waals surface area contributed by atoms with Gasteiger partial charge >= 0.3 is 0 Å². The molecule has 0 bridgehead atoms. The Morgan fingerprint density at radius 2 is 2.07 bits per heavy atom. The average Bonchev–Trinajstić information content (AvgIpc) is 2.38. The standard InChI is InChI=1S/C8H9ClN4O/c1-8(2)4-5(10-12-8)6(9)11-13(3)7(4)14/h1-3H3. The summed E-state index contributed by atoms with van der Waals surface area (Å²) in [4.78, 5) is 11.8. The zero-order valence-corrected chi connectivity index (χ0v) is 8.83. The van der Waals surface area contributed by atoms with E-state index in [9.17, 15) is 4.79 Å². The molecule has 0 radical (unpaired) electrons. The maximum Gasteiger partial charge on any atom is 0.274 e. The number of aryl methyl sites for hydroxylation is 1. The molecule has 1 aliphatic rings. The van der Waals surface area contributed by atoms with Gasteiger partial charge in [-0.3, -0.25) is 4.79 Å². The van der Waals surface area contributed by atoms with E-state index in [1.165, 1.54) is 4.68 Å². The Labute approximate surface area is 85.4 Å². The highest BCUT2D eigenvalue weighted by Crippen LogP contribution is 2.40. The van der Waals surface area contributed by atoms with Gasteiger partial charge < -0.3 is 0 Å². The second kappa shape index (κ2) is 2.63. The average molecular weight is 213 g/mol. The molecule has 1 aromatic rings. The van der Waals surface area contributed by atoms with E-state index in [1.54, 1.807) is 7.05 Å². The third-order valence-corrected chi connectivity index (χ3v) is 2.44. The summed E-state index contributed by atoms with van der Waals surface area (Å²) in [6.07, 6.45) is 0. The molecular weight excluding hydrogens is 204 g/mol. The smallest absolute Gasteiger partial charge is 0.267 e. The van der Waals surface area contributed by atoms with Crippen molar-refractivity contribution in [3.8, 4) is 0 Å². The first-order chi connectivity index (χ1) is 6.43. The minimum Gasteiger partial charge on any atom is -0.267 e. The summed E-state index contributed by atoms with van der Waals surface area (Å²) in [6.45, 7) is 3.64. The predicted octanol–water partition coefficient (Wildman–Crippen LogP) is 1.77. The molecule has 1 aromatic heterocycles. The first kappa shape index (κ1) is 9.33. The van der Waals surface area contributed by atoms with Crippen LogP contribution >= 0.6 is 11.6 Å². The zero-order valence-electron chi connectivity index (χ0n) is 8.08. The molecule has 0 saturated heterocycles. The van der Waals surface area contributed by atoms with Crippen LogP contribution in [0, 0.1) is 0 Å². The van der Waals surface area contributed by atoms with E-state index < -0.39 is 5.54 Å². The van der Waals surface area contributed by atoms with E-state index in [0.717, 1.165) is 0 Å². The SMILES string of the molecule is Cn1nc(Cl)c2c(c1=O)C(C)(C)N=N2. The lowest BCUT2D eigenvalue weighted by Crippen LogP contribution is -2.29. The lowest BCUT2D eigenvalue weighted by atomic mass is 9.97. The molecule has 0 aliphatic carbocycles. The van der Waals surface area contributed by atoms with E-state index in [2.05, 4.69) is 15.3 Å². The third-order valence-electron chi connectivity index (χ3n) is 2.19. The Morgan fingerprint density at radius 3 is 2.71 bits per heavy atom. The summed E-state index contributed by atoms with van der Waals surface area (Å²) in [5, 5.41) is 11.9. The highest BCUT2D eigenvalue weighted by Gasteiger charge is 2.34. The Hall–Kier alpha value is -1.23. The van der Waals surface area contributed by atoms with Gasteiger partial charge in [-0.05, 0) is 13.8 Å². The number of halogens is 1. The normalized spacial score (nSPS) is 17.1. The number of hydrogen-bond acceptors (Lipinski definition) is 4. The topological polar surface area (TPSA) is 59.6 Å². The van der Waals surface area contributed by atoms with Crippen LogP contribution in [0.25, 0.3) is 0 Å². The van der Waals surface area contributed by atoms with Gasteiger partial charge in [0, 0.05) is 7.05 Å². The summed E-state index contributed by atoms with van der Waals surface area (Å²) in [7, 11) is 1.56. The molecule has 0 spiro atoms. The minimum atomic E-state index is -0.600. The summed E-state index contributed by atoms with van der Waals surface area (Å²) in [5.74, 6) is 0. The Morgan fingerprint density at radius 1 is 1.43 bits per heavy atom. The molecule has 0 saturated carbocycles. The van der Waals surface area contributed by atoms with E-state index in [4.69, 9.17) is 11.6 Å². The summed E-state index contributed by atoms with van der Waals surface area (Å²) < 4.78 is 1.21. The van der Waals surface area contributed by atoms with Crippen LogP contribution in [0.15, 0.2) is 15.0 Å². The predicted molar refractivity (Wildman–Crippen MR) is 52.0 cm³/mol. The number of nitrogens with zero attached hydrogens (tertiary/aromatic N) is 4. The lowest BCUT2D eigenvalue weighted by Gasteiger charge is -2.13.